The van der Waals surface area contributed by atoms with Gasteiger partial charge in [-0.1, -0.05) is 34.1 Å². The van der Waals surface area contributed by atoms with Crippen molar-refractivity contribution in [1.82, 2.24) is 0 Å². The normalized spacial score (nSPS) is 13.9. The van der Waals surface area contributed by atoms with Crippen molar-refractivity contribution in [1.29, 1.82) is 0 Å². The number of hydrogen-bond donors (Lipinski definition) is 1. The number of aliphatic hydroxyl groups excluding tert-OH is 1. The average Bonchev–Trinajstić information content (AvgIpc) is 1.99. The molecule has 1 N–H and O–H groups in total. The number of carbonyl (C=O) groups is 1. The molecule has 78 valence electrons. The van der Waals surface area contributed by atoms with Crippen LogP contribution in [0.5, 0.6) is 0 Å². The standard InChI is InChI=1S/C10H20O3/c1-5-6-7-8(11)13-9(12)10(2,3)4/h9,12H,5-7H2,1-4H3. The third kappa shape index (κ3) is 5.64. The fourth-order valence-corrected chi connectivity index (χ4v) is 0.681. The first-order chi connectivity index (χ1) is 5.88. The molecular formula is C10H20O3. The van der Waals surface area contributed by atoms with Crippen molar-refractivity contribution in [2.45, 2.75) is 53.2 Å². The topological polar surface area (TPSA) is 46.5 Å². The zero-order valence-corrected chi connectivity index (χ0v) is 8.96. The fraction of sp³-hybridized carbons (Fsp3) is 0.900. The molecule has 3 nitrogen and oxygen atoms in total. The minimum Gasteiger partial charge on any atom is -0.435 e. The SMILES string of the molecule is CCCCC(=O)OC(O)C(C)(C)C. The molecule has 3 heteroatoms. The molecule has 0 bridgehead atoms. The van der Waals surface area contributed by atoms with Gasteiger partial charge in [-0.15, -0.1) is 0 Å². The second-order valence-corrected chi connectivity index (χ2v) is 4.31. The van der Waals surface area contributed by atoms with Gasteiger partial charge in [-0.2, -0.15) is 0 Å². The molecule has 0 aromatic heterocycles. The van der Waals surface area contributed by atoms with Gasteiger partial charge in [0.15, 0.2) is 0 Å². The Balaban J connectivity index is 3.79. The third-order valence-electron chi connectivity index (χ3n) is 1.72. The first kappa shape index (κ1) is 12.4. The highest BCUT2D eigenvalue weighted by Gasteiger charge is 2.25. The van der Waals surface area contributed by atoms with Crippen LogP contribution in [-0.4, -0.2) is 17.4 Å². The van der Waals surface area contributed by atoms with E-state index in [1.165, 1.54) is 0 Å². The minimum absolute atomic E-state index is 0.315. The van der Waals surface area contributed by atoms with Gasteiger partial charge in [0.05, 0.1) is 0 Å². The summed E-state index contributed by atoms with van der Waals surface area (Å²) in [4.78, 5) is 11.1. The Morgan fingerprint density at radius 1 is 1.46 bits per heavy atom. The quantitative estimate of drug-likeness (QED) is 0.542. The average molecular weight is 188 g/mol. The van der Waals surface area contributed by atoms with Crippen molar-refractivity contribution in [2.24, 2.45) is 5.41 Å². The summed E-state index contributed by atoms with van der Waals surface area (Å²) in [5.74, 6) is -0.315. The molecule has 0 amide bonds. The van der Waals surface area contributed by atoms with E-state index in [1.807, 2.05) is 27.7 Å². The molecule has 0 fully saturated rings. The number of unbranched alkanes of at least 4 members (excludes halogenated alkanes) is 1. The maximum absolute atomic E-state index is 11.1. The smallest absolute Gasteiger partial charge is 0.308 e. The molecule has 1 unspecified atom stereocenters. The van der Waals surface area contributed by atoms with E-state index in [1.54, 1.807) is 0 Å². The lowest BCUT2D eigenvalue weighted by Gasteiger charge is -2.25. The van der Waals surface area contributed by atoms with Crippen molar-refractivity contribution in [3.63, 3.8) is 0 Å². The number of carbonyl (C=O) groups excluding carboxylic acids is 1. The van der Waals surface area contributed by atoms with Gasteiger partial charge in [-0.3, -0.25) is 4.79 Å². The Labute approximate surface area is 80.1 Å². The van der Waals surface area contributed by atoms with E-state index in [0.29, 0.717) is 6.42 Å². The Morgan fingerprint density at radius 3 is 2.38 bits per heavy atom. The fourth-order valence-electron chi connectivity index (χ4n) is 0.681. The van der Waals surface area contributed by atoms with E-state index in [0.717, 1.165) is 12.8 Å². The van der Waals surface area contributed by atoms with E-state index in [4.69, 9.17) is 4.74 Å². The summed E-state index contributed by atoms with van der Waals surface area (Å²) in [5, 5.41) is 9.41. The molecule has 0 aromatic carbocycles. The second kappa shape index (κ2) is 5.22. The molecule has 0 saturated carbocycles. The first-order valence-corrected chi connectivity index (χ1v) is 4.75. The van der Waals surface area contributed by atoms with Gasteiger partial charge in [-0.05, 0) is 6.42 Å². The van der Waals surface area contributed by atoms with Crippen molar-refractivity contribution < 1.29 is 14.6 Å². The Bertz CT molecular complexity index is 158. The lowest BCUT2D eigenvalue weighted by molar-refractivity contribution is -0.186. The zero-order valence-electron chi connectivity index (χ0n) is 8.96. The predicted molar refractivity (Wildman–Crippen MR) is 51.1 cm³/mol. The summed E-state index contributed by atoms with van der Waals surface area (Å²) < 4.78 is 4.83. The summed E-state index contributed by atoms with van der Waals surface area (Å²) >= 11 is 0. The molecule has 0 aliphatic rings. The predicted octanol–water partition coefficient (Wildman–Crippen LogP) is 2.08. The van der Waals surface area contributed by atoms with Gasteiger partial charge in [0, 0.05) is 11.8 Å². The van der Waals surface area contributed by atoms with Gasteiger partial charge in [0.25, 0.3) is 0 Å². The van der Waals surface area contributed by atoms with E-state index < -0.39 is 11.7 Å². The molecule has 0 spiro atoms. The molecule has 0 rings (SSSR count). The van der Waals surface area contributed by atoms with Gasteiger partial charge < -0.3 is 9.84 Å². The molecule has 0 radical (unpaired) electrons. The van der Waals surface area contributed by atoms with Crippen LogP contribution in [-0.2, 0) is 9.53 Å². The lowest BCUT2D eigenvalue weighted by Crippen LogP contribution is -2.31. The molecule has 0 saturated heterocycles. The van der Waals surface area contributed by atoms with E-state index >= 15 is 0 Å². The maximum atomic E-state index is 11.1. The lowest BCUT2D eigenvalue weighted by atomic mass is 9.96. The number of ether oxygens (including phenoxy) is 1. The highest BCUT2D eigenvalue weighted by atomic mass is 16.6. The van der Waals surface area contributed by atoms with Crippen LogP contribution < -0.4 is 0 Å². The minimum atomic E-state index is -1.00. The largest absolute Gasteiger partial charge is 0.435 e. The Morgan fingerprint density at radius 2 is 2.00 bits per heavy atom. The Kier molecular flexibility index (Phi) is 4.99. The second-order valence-electron chi connectivity index (χ2n) is 4.31. The molecule has 0 heterocycles. The van der Waals surface area contributed by atoms with Crippen LogP contribution >= 0.6 is 0 Å². The van der Waals surface area contributed by atoms with E-state index in [9.17, 15) is 9.90 Å². The molecule has 0 aliphatic carbocycles. The summed E-state index contributed by atoms with van der Waals surface area (Å²) in [7, 11) is 0. The summed E-state index contributed by atoms with van der Waals surface area (Å²) in [6.45, 7) is 7.48. The van der Waals surface area contributed by atoms with Crippen LogP contribution in [0.1, 0.15) is 47.0 Å². The molecule has 1 atom stereocenters. The van der Waals surface area contributed by atoms with Gasteiger partial charge in [0.2, 0.25) is 6.29 Å². The Hall–Kier alpha value is -0.570. The van der Waals surface area contributed by atoms with Crippen molar-refractivity contribution in [3.05, 3.63) is 0 Å². The van der Waals surface area contributed by atoms with Crippen molar-refractivity contribution in [2.75, 3.05) is 0 Å². The van der Waals surface area contributed by atoms with Gasteiger partial charge >= 0.3 is 5.97 Å². The van der Waals surface area contributed by atoms with Crippen molar-refractivity contribution >= 4 is 5.97 Å². The van der Waals surface area contributed by atoms with Crippen LogP contribution in [0.4, 0.5) is 0 Å². The molecule has 13 heavy (non-hydrogen) atoms. The van der Waals surface area contributed by atoms with E-state index in [-0.39, 0.29) is 5.97 Å². The third-order valence-corrected chi connectivity index (χ3v) is 1.72. The van der Waals surface area contributed by atoms with Crippen LogP contribution in [0.25, 0.3) is 0 Å². The van der Waals surface area contributed by atoms with Crippen LogP contribution in [0.3, 0.4) is 0 Å². The van der Waals surface area contributed by atoms with Gasteiger partial charge in [-0.25, -0.2) is 0 Å². The number of hydrogen-bond acceptors (Lipinski definition) is 3. The number of aliphatic hydroxyl groups is 1. The highest BCUT2D eigenvalue weighted by Crippen LogP contribution is 2.20. The highest BCUT2D eigenvalue weighted by molar-refractivity contribution is 5.69. The van der Waals surface area contributed by atoms with Gasteiger partial charge in [0.1, 0.15) is 0 Å². The number of rotatable bonds is 4. The van der Waals surface area contributed by atoms with E-state index in [2.05, 4.69) is 0 Å². The zero-order chi connectivity index (χ0) is 10.5. The summed E-state index contributed by atoms with van der Waals surface area (Å²) in [6, 6.07) is 0. The maximum Gasteiger partial charge on any atom is 0.308 e. The number of esters is 1. The van der Waals surface area contributed by atoms with Crippen LogP contribution in [0.15, 0.2) is 0 Å². The summed E-state index contributed by atoms with van der Waals surface area (Å²) in [6.07, 6.45) is 1.16. The van der Waals surface area contributed by atoms with Crippen LogP contribution in [0, 0.1) is 5.41 Å². The molecule has 0 aliphatic heterocycles. The molecule has 0 aromatic rings. The monoisotopic (exact) mass is 188 g/mol. The van der Waals surface area contributed by atoms with Crippen molar-refractivity contribution in [3.8, 4) is 0 Å². The molecular weight excluding hydrogens is 168 g/mol. The van der Waals surface area contributed by atoms with Crippen LogP contribution in [0.2, 0.25) is 0 Å². The summed E-state index contributed by atoms with van der Waals surface area (Å²) in [5.41, 5.74) is -0.401. The first-order valence-electron chi connectivity index (χ1n) is 4.75.